The number of carbonyl (C=O) groups excluding carboxylic acids is 1. The minimum absolute atomic E-state index is 0.0525. The highest BCUT2D eigenvalue weighted by Gasteiger charge is 2.12. The van der Waals surface area contributed by atoms with Crippen LogP contribution in [0, 0.1) is 5.21 Å². The summed E-state index contributed by atoms with van der Waals surface area (Å²) >= 11 is 0. The van der Waals surface area contributed by atoms with E-state index in [0.29, 0.717) is 10.3 Å². The van der Waals surface area contributed by atoms with Gasteiger partial charge in [-0.3, -0.25) is 4.79 Å². The molecule has 1 aromatic heterocycles. The lowest BCUT2D eigenvalue weighted by Gasteiger charge is -2.14. The molecular formula is C17H20N2O4. The number of hydrogen-bond acceptors (Lipinski definition) is 4. The Balaban J connectivity index is 1.91. The highest BCUT2D eigenvalue weighted by atomic mass is 16.5. The third kappa shape index (κ3) is 4.96. The van der Waals surface area contributed by atoms with Crippen LogP contribution in [0.25, 0.3) is 0 Å². The number of rotatable bonds is 6. The molecule has 2 rings (SSSR count). The van der Waals surface area contributed by atoms with E-state index in [2.05, 4.69) is 5.32 Å². The molecule has 6 heteroatoms. The SMILES string of the molecule is CC(C)Oc1ccc(C(O)CNC(=O)c2ccc[n+]([O-])c2)cc1. The van der Waals surface area contributed by atoms with Crippen LogP contribution in [0.3, 0.4) is 0 Å². The molecule has 0 aliphatic carbocycles. The monoisotopic (exact) mass is 316 g/mol. The molecule has 2 N–H and O–H groups in total. The fourth-order valence-electron chi connectivity index (χ4n) is 2.04. The molecule has 0 bridgehead atoms. The molecule has 1 atom stereocenters. The highest BCUT2D eigenvalue weighted by Crippen LogP contribution is 2.18. The maximum atomic E-state index is 11.9. The number of ether oxygens (including phenoxy) is 1. The Bertz CT molecular complexity index is 656. The van der Waals surface area contributed by atoms with Gasteiger partial charge in [0.2, 0.25) is 0 Å². The molecule has 1 aromatic carbocycles. The largest absolute Gasteiger partial charge is 0.619 e. The van der Waals surface area contributed by atoms with Gasteiger partial charge >= 0.3 is 0 Å². The van der Waals surface area contributed by atoms with Gasteiger partial charge in [-0.1, -0.05) is 12.1 Å². The topological polar surface area (TPSA) is 85.5 Å². The van der Waals surface area contributed by atoms with Crippen molar-refractivity contribution < 1.29 is 19.4 Å². The molecule has 0 spiro atoms. The van der Waals surface area contributed by atoms with Gasteiger partial charge < -0.3 is 20.4 Å². The number of hydrogen-bond donors (Lipinski definition) is 2. The molecule has 2 aromatic rings. The standard InChI is InChI=1S/C17H20N2O4/c1-12(2)23-15-7-5-13(6-8-15)16(20)10-18-17(21)14-4-3-9-19(22)11-14/h3-9,11-12,16,20H,10H2,1-2H3,(H,18,21). The van der Waals surface area contributed by atoms with E-state index in [9.17, 15) is 15.1 Å². The van der Waals surface area contributed by atoms with Crippen LogP contribution in [0.5, 0.6) is 5.75 Å². The molecule has 1 amide bonds. The fourth-order valence-corrected chi connectivity index (χ4v) is 2.04. The summed E-state index contributed by atoms with van der Waals surface area (Å²) in [6, 6.07) is 10.1. The minimum atomic E-state index is -0.838. The number of amides is 1. The maximum absolute atomic E-state index is 11.9. The van der Waals surface area contributed by atoms with E-state index in [1.54, 1.807) is 24.3 Å². The summed E-state index contributed by atoms with van der Waals surface area (Å²) in [5.74, 6) is 0.318. The van der Waals surface area contributed by atoms with Crippen molar-refractivity contribution >= 4 is 5.91 Å². The number of aliphatic hydroxyl groups excluding tert-OH is 1. The van der Waals surface area contributed by atoms with Crippen molar-refractivity contribution in [3.63, 3.8) is 0 Å². The highest BCUT2D eigenvalue weighted by molar-refractivity contribution is 5.93. The average molecular weight is 316 g/mol. The normalized spacial score (nSPS) is 12.0. The molecule has 0 radical (unpaired) electrons. The Labute approximate surface area is 134 Å². The van der Waals surface area contributed by atoms with Crippen molar-refractivity contribution in [2.24, 2.45) is 0 Å². The van der Waals surface area contributed by atoms with E-state index in [1.165, 1.54) is 24.5 Å². The molecular weight excluding hydrogens is 296 g/mol. The Morgan fingerprint density at radius 2 is 2.00 bits per heavy atom. The van der Waals surface area contributed by atoms with Crippen molar-refractivity contribution in [2.45, 2.75) is 26.1 Å². The molecule has 122 valence electrons. The summed E-state index contributed by atoms with van der Waals surface area (Å²) in [4.78, 5) is 11.9. The predicted octanol–water partition coefficient (Wildman–Crippen LogP) is 1.57. The second-order valence-electron chi connectivity index (χ2n) is 5.41. The summed E-state index contributed by atoms with van der Waals surface area (Å²) in [6.07, 6.45) is 1.72. The predicted molar refractivity (Wildman–Crippen MR) is 84.9 cm³/mol. The van der Waals surface area contributed by atoms with Gasteiger partial charge in [0.25, 0.3) is 5.91 Å². The van der Waals surface area contributed by atoms with Crippen LogP contribution >= 0.6 is 0 Å². The fraction of sp³-hybridized carbons (Fsp3) is 0.294. The number of nitrogens with zero attached hydrogens (tertiary/aromatic N) is 1. The van der Waals surface area contributed by atoms with Crippen molar-refractivity contribution in [3.8, 4) is 5.75 Å². The Hall–Kier alpha value is -2.60. The Morgan fingerprint density at radius 3 is 2.61 bits per heavy atom. The van der Waals surface area contributed by atoms with Crippen molar-refractivity contribution in [1.29, 1.82) is 0 Å². The zero-order chi connectivity index (χ0) is 16.8. The van der Waals surface area contributed by atoms with E-state index in [-0.39, 0.29) is 18.2 Å². The average Bonchev–Trinajstić information content (AvgIpc) is 2.52. The van der Waals surface area contributed by atoms with E-state index in [1.807, 2.05) is 13.8 Å². The molecule has 0 saturated heterocycles. The van der Waals surface area contributed by atoms with Gasteiger partial charge in [-0.25, -0.2) is 0 Å². The zero-order valence-corrected chi connectivity index (χ0v) is 13.1. The van der Waals surface area contributed by atoms with Gasteiger partial charge in [0.05, 0.1) is 12.2 Å². The third-order valence-electron chi connectivity index (χ3n) is 3.13. The summed E-state index contributed by atoms with van der Waals surface area (Å²) in [7, 11) is 0. The van der Waals surface area contributed by atoms with Crippen molar-refractivity contribution in [1.82, 2.24) is 5.32 Å². The number of aliphatic hydroxyl groups is 1. The summed E-state index contributed by atoms with van der Waals surface area (Å²) in [5, 5.41) is 23.9. The van der Waals surface area contributed by atoms with Gasteiger partial charge in [-0.2, -0.15) is 4.73 Å². The first kappa shape index (κ1) is 16.8. The molecule has 23 heavy (non-hydrogen) atoms. The van der Waals surface area contributed by atoms with Gasteiger partial charge in [0, 0.05) is 12.6 Å². The molecule has 0 aliphatic heterocycles. The van der Waals surface area contributed by atoms with Crippen LogP contribution in [0.4, 0.5) is 0 Å². The van der Waals surface area contributed by atoms with Crippen LogP contribution in [0.15, 0.2) is 48.8 Å². The Morgan fingerprint density at radius 1 is 1.30 bits per heavy atom. The van der Waals surface area contributed by atoms with Crippen molar-refractivity contribution in [3.05, 3.63) is 65.1 Å². The van der Waals surface area contributed by atoms with E-state index in [0.717, 1.165) is 5.75 Å². The van der Waals surface area contributed by atoms with Gasteiger partial charge in [0.1, 0.15) is 11.3 Å². The Kier molecular flexibility index (Phi) is 5.54. The van der Waals surface area contributed by atoms with Crippen LogP contribution in [-0.2, 0) is 0 Å². The third-order valence-corrected chi connectivity index (χ3v) is 3.13. The number of carbonyl (C=O) groups is 1. The zero-order valence-electron chi connectivity index (χ0n) is 13.1. The van der Waals surface area contributed by atoms with E-state index < -0.39 is 12.0 Å². The number of pyridine rings is 1. The second kappa shape index (κ2) is 7.60. The van der Waals surface area contributed by atoms with Gasteiger partial charge in [0.15, 0.2) is 12.4 Å². The number of aromatic nitrogens is 1. The summed E-state index contributed by atoms with van der Waals surface area (Å²) in [5.41, 5.74) is 0.920. The number of nitrogens with one attached hydrogen (secondary N) is 1. The molecule has 1 unspecified atom stereocenters. The van der Waals surface area contributed by atoms with Crippen LogP contribution in [0.2, 0.25) is 0 Å². The number of benzene rings is 1. The second-order valence-corrected chi connectivity index (χ2v) is 5.41. The molecule has 1 heterocycles. The first-order chi connectivity index (χ1) is 11.0. The van der Waals surface area contributed by atoms with Crippen LogP contribution in [0.1, 0.15) is 35.9 Å². The van der Waals surface area contributed by atoms with E-state index in [4.69, 9.17) is 4.74 Å². The quantitative estimate of drug-likeness (QED) is 0.626. The van der Waals surface area contributed by atoms with Gasteiger partial charge in [-0.05, 0) is 37.6 Å². The summed E-state index contributed by atoms with van der Waals surface area (Å²) < 4.78 is 6.09. The smallest absolute Gasteiger partial charge is 0.257 e. The maximum Gasteiger partial charge on any atom is 0.257 e. The first-order valence-corrected chi connectivity index (χ1v) is 7.37. The molecule has 6 nitrogen and oxygen atoms in total. The minimum Gasteiger partial charge on any atom is -0.619 e. The lowest BCUT2D eigenvalue weighted by molar-refractivity contribution is -0.605. The van der Waals surface area contributed by atoms with Crippen LogP contribution < -0.4 is 14.8 Å². The van der Waals surface area contributed by atoms with Crippen LogP contribution in [-0.4, -0.2) is 23.7 Å². The lowest BCUT2D eigenvalue weighted by Crippen LogP contribution is -2.32. The van der Waals surface area contributed by atoms with E-state index >= 15 is 0 Å². The van der Waals surface area contributed by atoms with Crippen molar-refractivity contribution in [2.75, 3.05) is 6.54 Å². The molecule has 0 aliphatic rings. The summed E-state index contributed by atoms with van der Waals surface area (Å²) in [6.45, 7) is 3.93. The molecule has 0 saturated carbocycles. The molecule has 0 fully saturated rings. The first-order valence-electron chi connectivity index (χ1n) is 7.37. The lowest BCUT2D eigenvalue weighted by atomic mass is 10.1. The van der Waals surface area contributed by atoms with Gasteiger partial charge in [-0.15, -0.1) is 0 Å².